The zero-order chi connectivity index (χ0) is 20.3. The summed E-state index contributed by atoms with van der Waals surface area (Å²) in [6, 6.07) is 8.62. The molecule has 1 aromatic carbocycles. The molecule has 7 heteroatoms. The number of likely N-dealkylation sites (tertiary alicyclic amines) is 1. The van der Waals surface area contributed by atoms with Crippen LogP contribution in [-0.4, -0.2) is 58.1 Å². The maximum atomic E-state index is 12.7. The number of hydrogen-bond donors (Lipinski definition) is 1. The highest BCUT2D eigenvalue weighted by molar-refractivity contribution is 5.94. The second-order valence-electron chi connectivity index (χ2n) is 7.44. The third kappa shape index (κ3) is 4.18. The molecule has 2 aromatic rings. The van der Waals surface area contributed by atoms with Crippen LogP contribution in [0.15, 0.2) is 35.1 Å². The average molecular weight is 384 g/mol. The predicted molar refractivity (Wildman–Crippen MR) is 108 cm³/mol. The molecule has 1 aromatic heterocycles. The first-order valence-corrected chi connectivity index (χ1v) is 9.87. The highest BCUT2D eigenvalue weighted by atomic mass is 16.2. The van der Waals surface area contributed by atoms with Crippen molar-refractivity contribution in [2.75, 3.05) is 26.7 Å². The number of H-pyrrole nitrogens is 1. The molecule has 1 N–H and O–H groups in total. The van der Waals surface area contributed by atoms with Crippen LogP contribution in [-0.2, 0) is 11.2 Å². The van der Waals surface area contributed by atoms with Crippen LogP contribution >= 0.6 is 0 Å². The number of carbonyl (C=O) groups excluding carboxylic acids is 2. The van der Waals surface area contributed by atoms with Crippen molar-refractivity contribution in [3.05, 3.63) is 51.9 Å². The maximum absolute atomic E-state index is 12.7. The van der Waals surface area contributed by atoms with E-state index < -0.39 is 0 Å². The number of nitrogens with one attached hydrogen (secondary N) is 1. The Labute approximate surface area is 164 Å². The summed E-state index contributed by atoms with van der Waals surface area (Å²) in [4.78, 5) is 40.2. The molecule has 0 radical (unpaired) electrons. The number of aromatic nitrogens is 2. The molecule has 3 rings (SSSR count). The summed E-state index contributed by atoms with van der Waals surface area (Å²) >= 11 is 0. The molecule has 1 aliphatic rings. The van der Waals surface area contributed by atoms with Crippen LogP contribution in [0.2, 0.25) is 0 Å². The normalized spacial score (nSPS) is 16.6. The second kappa shape index (κ2) is 8.46. The zero-order valence-electron chi connectivity index (χ0n) is 16.8. The highest BCUT2D eigenvalue weighted by Crippen LogP contribution is 2.19. The Kier molecular flexibility index (Phi) is 6.02. The summed E-state index contributed by atoms with van der Waals surface area (Å²) in [5.74, 6) is 0.256. The van der Waals surface area contributed by atoms with Crippen LogP contribution in [0, 0.1) is 5.92 Å². The maximum Gasteiger partial charge on any atom is 0.271 e. The Hall–Kier alpha value is -2.83. The Bertz CT molecular complexity index is 897. The topological polar surface area (TPSA) is 78.4 Å². The molecule has 2 heterocycles. The van der Waals surface area contributed by atoms with Gasteiger partial charge in [-0.25, -0.2) is 4.68 Å². The Balaban J connectivity index is 1.66. The van der Waals surface area contributed by atoms with E-state index in [9.17, 15) is 14.4 Å². The molecule has 0 bridgehead atoms. The lowest BCUT2D eigenvalue weighted by atomic mass is 10.1. The van der Waals surface area contributed by atoms with Gasteiger partial charge in [0.05, 0.1) is 5.69 Å². The van der Waals surface area contributed by atoms with E-state index in [2.05, 4.69) is 12.0 Å². The van der Waals surface area contributed by atoms with Crippen LogP contribution in [0.4, 0.5) is 0 Å². The van der Waals surface area contributed by atoms with Crippen LogP contribution < -0.4 is 5.56 Å². The fourth-order valence-electron chi connectivity index (χ4n) is 3.76. The number of rotatable bonds is 7. The molecular formula is C21H28N4O3. The Morgan fingerprint density at radius 3 is 2.54 bits per heavy atom. The third-order valence-corrected chi connectivity index (χ3v) is 5.22. The van der Waals surface area contributed by atoms with Crippen LogP contribution in [0.3, 0.4) is 0 Å². The molecule has 2 amide bonds. The smallest absolute Gasteiger partial charge is 0.271 e. The van der Waals surface area contributed by atoms with E-state index in [1.807, 2.05) is 11.8 Å². The second-order valence-corrected chi connectivity index (χ2v) is 7.44. The van der Waals surface area contributed by atoms with E-state index in [-0.39, 0.29) is 23.3 Å². The van der Waals surface area contributed by atoms with Gasteiger partial charge in [-0.05, 0) is 37.6 Å². The predicted octanol–water partition coefficient (Wildman–Crippen LogP) is 2.06. The third-order valence-electron chi connectivity index (χ3n) is 5.22. The van der Waals surface area contributed by atoms with Crippen molar-refractivity contribution in [2.45, 2.75) is 33.1 Å². The molecule has 0 aliphatic carbocycles. The van der Waals surface area contributed by atoms with Gasteiger partial charge in [0.2, 0.25) is 5.91 Å². The summed E-state index contributed by atoms with van der Waals surface area (Å²) < 4.78 is 1.49. The van der Waals surface area contributed by atoms with Crippen LogP contribution in [0.1, 0.15) is 42.7 Å². The minimum absolute atomic E-state index is 0.0838. The molecule has 1 aliphatic heterocycles. The number of hydrogen-bond acceptors (Lipinski definition) is 3. The number of aryl methyl sites for hydroxylation is 1. The standard InChI is InChI=1S/C21H28N4O3/c1-4-6-17-12-20(27)25(22-17)18-9-7-16(8-10-18)21(28)23(3)13-15-11-19(26)24(5-2)14-15/h7-10,12,15,22H,4-6,11,13-14H2,1-3H3/t15-/m1/s1. The van der Waals surface area contributed by atoms with Crippen molar-refractivity contribution in [3.63, 3.8) is 0 Å². The van der Waals surface area contributed by atoms with Crippen molar-refractivity contribution in [3.8, 4) is 5.69 Å². The molecule has 1 saturated heterocycles. The minimum atomic E-state index is -0.106. The molecule has 0 unspecified atom stereocenters. The summed E-state index contributed by atoms with van der Waals surface area (Å²) in [6.45, 7) is 6.01. The molecule has 28 heavy (non-hydrogen) atoms. The molecule has 150 valence electrons. The van der Waals surface area contributed by atoms with Gasteiger partial charge in [-0.15, -0.1) is 0 Å². The largest absolute Gasteiger partial charge is 0.343 e. The van der Waals surface area contributed by atoms with E-state index >= 15 is 0 Å². The van der Waals surface area contributed by atoms with Gasteiger partial charge in [0.15, 0.2) is 0 Å². The van der Waals surface area contributed by atoms with Gasteiger partial charge in [-0.2, -0.15) is 0 Å². The zero-order valence-corrected chi connectivity index (χ0v) is 16.8. The van der Waals surface area contributed by atoms with E-state index in [0.717, 1.165) is 18.5 Å². The number of amides is 2. The van der Waals surface area contributed by atoms with Gasteiger partial charge in [0.25, 0.3) is 11.5 Å². The van der Waals surface area contributed by atoms with Gasteiger partial charge in [0, 0.05) is 56.3 Å². The number of carbonyl (C=O) groups is 2. The van der Waals surface area contributed by atoms with Crippen LogP contribution in [0.25, 0.3) is 5.69 Å². The summed E-state index contributed by atoms with van der Waals surface area (Å²) in [7, 11) is 1.77. The Morgan fingerprint density at radius 1 is 1.21 bits per heavy atom. The van der Waals surface area contributed by atoms with Gasteiger partial charge in [-0.3, -0.25) is 19.5 Å². The summed E-state index contributed by atoms with van der Waals surface area (Å²) in [6.07, 6.45) is 2.28. The molecule has 1 fully saturated rings. The number of benzene rings is 1. The minimum Gasteiger partial charge on any atom is -0.343 e. The summed E-state index contributed by atoms with van der Waals surface area (Å²) in [5.41, 5.74) is 2.06. The van der Waals surface area contributed by atoms with Crippen molar-refractivity contribution in [1.29, 1.82) is 0 Å². The molecular weight excluding hydrogens is 356 g/mol. The monoisotopic (exact) mass is 384 g/mol. The van der Waals surface area contributed by atoms with E-state index in [0.29, 0.717) is 37.3 Å². The first kappa shape index (κ1) is 19.9. The fourth-order valence-corrected chi connectivity index (χ4v) is 3.76. The fraction of sp³-hybridized carbons (Fsp3) is 0.476. The van der Waals surface area contributed by atoms with Crippen LogP contribution in [0.5, 0.6) is 0 Å². The van der Waals surface area contributed by atoms with E-state index in [1.165, 1.54) is 4.68 Å². The van der Waals surface area contributed by atoms with Crippen molar-refractivity contribution in [1.82, 2.24) is 19.6 Å². The lowest BCUT2D eigenvalue weighted by Gasteiger charge is -2.21. The van der Waals surface area contributed by atoms with Gasteiger partial charge in [0.1, 0.15) is 0 Å². The Morgan fingerprint density at radius 2 is 1.93 bits per heavy atom. The lowest BCUT2D eigenvalue weighted by Crippen LogP contribution is -2.33. The van der Waals surface area contributed by atoms with Gasteiger partial charge in [-0.1, -0.05) is 13.3 Å². The highest BCUT2D eigenvalue weighted by Gasteiger charge is 2.30. The van der Waals surface area contributed by atoms with Crippen molar-refractivity contribution >= 4 is 11.8 Å². The van der Waals surface area contributed by atoms with Crippen molar-refractivity contribution < 1.29 is 9.59 Å². The molecule has 0 spiro atoms. The first-order chi connectivity index (χ1) is 13.4. The molecule has 0 saturated carbocycles. The first-order valence-electron chi connectivity index (χ1n) is 9.87. The van der Waals surface area contributed by atoms with Gasteiger partial charge < -0.3 is 9.80 Å². The SMILES string of the molecule is CCCc1cc(=O)n(-c2ccc(C(=O)N(C)C[C@H]3CC(=O)N(CC)C3)cc2)[nH]1. The van der Waals surface area contributed by atoms with Crippen molar-refractivity contribution in [2.24, 2.45) is 5.92 Å². The lowest BCUT2D eigenvalue weighted by molar-refractivity contribution is -0.127. The summed E-state index contributed by atoms with van der Waals surface area (Å²) in [5, 5.41) is 3.10. The quantitative estimate of drug-likeness (QED) is 0.794. The van der Waals surface area contributed by atoms with E-state index in [1.54, 1.807) is 42.3 Å². The van der Waals surface area contributed by atoms with E-state index in [4.69, 9.17) is 0 Å². The molecule has 1 atom stereocenters. The van der Waals surface area contributed by atoms with Gasteiger partial charge >= 0.3 is 0 Å². The molecule has 7 nitrogen and oxygen atoms in total. The average Bonchev–Trinajstić information content (AvgIpc) is 3.23. The number of aromatic amines is 1. The number of nitrogens with zero attached hydrogens (tertiary/aromatic N) is 3.